The van der Waals surface area contributed by atoms with Crippen molar-refractivity contribution >= 4 is 23.7 Å². The van der Waals surface area contributed by atoms with Gasteiger partial charge >= 0.3 is 0 Å². The summed E-state index contributed by atoms with van der Waals surface area (Å²) >= 11 is 6.04. The van der Waals surface area contributed by atoms with Gasteiger partial charge in [0.1, 0.15) is 19.0 Å². The Balaban J connectivity index is 1.69. The lowest BCUT2D eigenvalue weighted by Crippen LogP contribution is -2.18. The Hall–Kier alpha value is -3.95. The first-order valence-corrected chi connectivity index (χ1v) is 10.6. The van der Waals surface area contributed by atoms with E-state index >= 15 is 0 Å². The molecule has 3 aromatic carbocycles. The number of amides is 1. The predicted molar refractivity (Wildman–Crippen MR) is 129 cm³/mol. The number of carbonyl (C=O) groups is 1. The van der Waals surface area contributed by atoms with Crippen LogP contribution in [0.4, 0.5) is 0 Å². The van der Waals surface area contributed by atoms with Crippen molar-refractivity contribution in [3.8, 4) is 29.6 Å². The molecule has 0 aliphatic rings. The minimum absolute atomic E-state index is 0.105. The van der Waals surface area contributed by atoms with Gasteiger partial charge in [-0.15, -0.1) is 6.42 Å². The minimum Gasteiger partial charge on any atom is -0.490 e. The second-order valence-corrected chi connectivity index (χ2v) is 7.18. The van der Waals surface area contributed by atoms with E-state index in [1.54, 1.807) is 36.4 Å². The van der Waals surface area contributed by atoms with Crippen LogP contribution in [-0.2, 0) is 6.61 Å². The number of hydrogen-bond donors (Lipinski definition) is 1. The van der Waals surface area contributed by atoms with Crippen LogP contribution in [0.3, 0.4) is 0 Å². The van der Waals surface area contributed by atoms with E-state index in [0.29, 0.717) is 46.6 Å². The standard InChI is InChI=1S/C26H23ClN2O4/c1-3-14-32-23-13-11-22(27)15-21(23)17-28-29-26(30)20-10-12-24(25(16-20)31-4-2)33-18-19-8-6-5-7-9-19/h1,5-13,15-17H,4,14,18H2,2H3,(H,29,30)/b28-17+. The summed E-state index contributed by atoms with van der Waals surface area (Å²) in [5, 5.41) is 4.52. The maximum atomic E-state index is 12.6. The molecule has 1 N–H and O–H groups in total. The third-order valence-corrected chi connectivity index (χ3v) is 4.63. The van der Waals surface area contributed by atoms with E-state index < -0.39 is 5.91 Å². The molecule has 168 valence electrons. The Morgan fingerprint density at radius 1 is 1.03 bits per heavy atom. The van der Waals surface area contributed by atoms with Gasteiger partial charge in [-0.05, 0) is 48.9 Å². The highest BCUT2D eigenvalue weighted by molar-refractivity contribution is 6.30. The molecule has 0 heterocycles. The van der Waals surface area contributed by atoms with Gasteiger partial charge in [0, 0.05) is 16.1 Å². The highest BCUT2D eigenvalue weighted by Gasteiger charge is 2.12. The topological polar surface area (TPSA) is 69.2 Å². The molecule has 0 aliphatic carbocycles. The lowest BCUT2D eigenvalue weighted by Gasteiger charge is -2.13. The van der Waals surface area contributed by atoms with E-state index in [-0.39, 0.29) is 6.61 Å². The van der Waals surface area contributed by atoms with Gasteiger partial charge in [0.2, 0.25) is 0 Å². The highest BCUT2D eigenvalue weighted by atomic mass is 35.5. The molecule has 0 aromatic heterocycles. The van der Waals surface area contributed by atoms with Crippen LogP contribution in [-0.4, -0.2) is 25.3 Å². The average molecular weight is 463 g/mol. The number of nitrogens with one attached hydrogen (secondary N) is 1. The first-order valence-electron chi connectivity index (χ1n) is 10.2. The number of ether oxygens (including phenoxy) is 3. The summed E-state index contributed by atoms with van der Waals surface area (Å²) in [5.74, 6) is 3.53. The van der Waals surface area contributed by atoms with Gasteiger partial charge < -0.3 is 14.2 Å². The van der Waals surface area contributed by atoms with Crippen LogP contribution in [0.2, 0.25) is 5.02 Å². The van der Waals surface area contributed by atoms with Crippen LogP contribution < -0.4 is 19.6 Å². The normalized spacial score (nSPS) is 10.5. The van der Waals surface area contributed by atoms with Gasteiger partial charge in [-0.25, -0.2) is 5.43 Å². The van der Waals surface area contributed by atoms with Gasteiger partial charge in [-0.2, -0.15) is 5.10 Å². The molecule has 3 rings (SSSR count). The molecule has 3 aromatic rings. The van der Waals surface area contributed by atoms with Crippen LogP contribution in [0.1, 0.15) is 28.4 Å². The van der Waals surface area contributed by atoms with Crippen molar-refractivity contribution in [1.29, 1.82) is 0 Å². The summed E-state index contributed by atoms with van der Waals surface area (Å²) in [4.78, 5) is 12.6. The fourth-order valence-corrected chi connectivity index (χ4v) is 3.05. The number of carbonyl (C=O) groups excluding carboxylic acids is 1. The van der Waals surface area contributed by atoms with Crippen molar-refractivity contribution < 1.29 is 19.0 Å². The molecule has 0 bridgehead atoms. The van der Waals surface area contributed by atoms with Crippen molar-refractivity contribution in [3.05, 3.63) is 88.4 Å². The summed E-state index contributed by atoms with van der Waals surface area (Å²) in [7, 11) is 0. The van der Waals surface area contributed by atoms with Gasteiger partial charge in [0.05, 0.1) is 12.8 Å². The van der Waals surface area contributed by atoms with Gasteiger partial charge in [0.15, 0.2) is 11.5 Å². The second kappa shape index (κ2) is 12.2. The molecule has 0 atom stereocenters. The third-order valence-electron chi connectivity index (χ3n) is 4.40. The van der Waals surface area contributed by atoms with Crippen molar-refractivity contribution in [2.45, 2.75) is 13.5 Å². The molecule has 33 heavy (non-hydrogen) atoms. The average Bonchev–Trinajstić information content (AvgIpc) is 2.83. The van der Waals surface area contributed by atoms with Gasteiger partial charge in [-0.3, -0.25) is 4.79 Å². The molecule has 0 spiro atoms. The smallest absolute Gasteiger partial charge is 0.271 e. The van der Waals surface area contributed by atoms with E-state index in [9.17, 15) is 4.79 Å². The second-order valence-electron chi connectivity index (χ2n) is 6.74. The number of terminal acetylenes is 1. The zero-order valence-electron chi connectivity index (χ0n) is 18.1. The van der Waals surface area contributed by atoms with E-state index in [1.165, 1.54) is 6.21 Å². The molecule has 0 unspecified atom stereocenters. The molecule has 0 fully saturated rings. The zero-order chi connectivity index (χ0) is 23.5. The lowest BCUT2D eigenvalue weighted by molar-refractivity contribution is 0.0954. The molecule has 6 nitrogen and oxygen atoms in total. The number of benzene rings is 3. The van der Waals surface area contributed by atoms with Crippen molar-refractivity contribution in [2.75, 3.05) is 13.2 Å². The summed E-state index contributed by atoms with van der Waals surface area (Å²) in [6, 6.07) is 19.8. The quantitative estimate of drug-likeness (QED) is 0.259. The Morgan fingerprint density at radius 2 is 1.82 bits per heavy atom. The number of nitrogens with zero attached hydrogens (tertiary/aromatic N) is 1. The van der Waals surface area contributed by atoms with Crippen LogP contribution in [0.15, 0.2) is 71.8 Å². The SMILES string of the molecule is C#CCOc1ccc(Cl)cc1/C=N/NC(=O)c1ccc(OCc2ccccc2)c(OCC)c1. The maximum Gasteiger partial charge on any atom is 0.271 e. The fraction of sp³-hybridized carbons (Fsp3) is 0.154. The molecule has 0 saturated carbocycles. The summed E-state index contributed by atoms with van der Waals surface area (Å²) in [5.41, 5.74) is 4.48. The summed E-state index contributed by atoms with van der Waals surface area (Å²) in [6.45, 7) is 2.79. The first-order chi connectivity index (χ1) is 16.1. The first kappa shape index (κ1) is 23.7. The summed E-state index contributed by atoms with van der Waals surface area (Å²) in [6.07, 6.45) is 6.68. The largest absolute Gasteiger partial charge is 0.490 e. The highest BCUT2D eigenvalue weighted by Crippen LogP contribution is 2.29. The van der Waals surface area contributed by atoms with E-state index in [1.807, 2.05) is 37.3 Å². The Kier molecular flexibility index (Phi) is 8.75. The molecular formula is C26H23ClN2O4. The number of rotatable bonds is 10. The lowest BCUT2D eigenvalue weighted by atomic mass is 10.2. The van der Waals surface area contributed by atoms with Crippen molar-refractivity contribution in [1.82, 2.24) is 5.43 Å². The molecule has 0 saturated heterocycles. The van der Waals surface area contributed by atoms with E-state index in [4.69, 9.17) is 32.2 Å². The number of halogens is 1. The van der Waals surface area contributed by atoms with Crippen LogP contribution in [0.5, 0.6) is 17.2 Å². The monoisotopic (exact) mass is 462 g/mol. The molecule has 7 heteroatoms. The summed E-state index contributed by atoms with van der Waals surface area (Å²) < 4.78 is 17.0. The molecule has 0 radical (unpaired) electrons. The van der Waals surface area contributed by atoms with Crippen LogP contribution in [0, 0.1) is 12.3 Å². The number of hydrogen-bond acceptors (Lipinski definition) is 5. The minimum atomic E-state index is -0.407. The predicted octanol–water partition coefficient (Wildman–Crippen LogP) is 5.09. The Bertz CT molecular complexity index is 1160. The van der Waals surface area contributed by atoms with Crippen LogP contribution >= 0.6 is 11.6 Å². The van der Waals surface area contributed by atoms with E-state index in [2.05, 4.69) is 16.4 Å². The molecule has 0 aliphatic heterocycles. The maximum absolute atomic E-state index is 12.6. The Labute approximate surface area is 198 Å². The van der Waals surface area contributed by atoms with E-state index in [0.717, 1.165) is 5.56 Å². The Morgan fingerprint density at radius 3 is 2.58 bits per heavy atom. The number of hydrazone groups is 1. The third kappa shape index (κ3) is 7.03. The van der Waals surface area contributed by atoms with Crippen molar-refractivity contribution in [3.63, 3.8) is 0 Å². The fourth-order valence-electron chi connectivity index (χ4n) is 2.87. The van der Waals surface area contributed by atoms with Crippen LogP contribution in [0.25, 0.3) is 0 Å². The van der Waals surface area contributed by atoms with Gasteiger partial charge in [-0.1, -0.05) is 47.9 Å². The van der Waals surface area contributed by atoms with Crippen molar-refractivity contribution in [2.24, 2.45) is 5.10 Å². The zero-order valence-corrected chi connectivity index (χ0v) is 18.8. The molecular weight excluding hydrogens is 440 g/mol. The molecule has 1 amide bonds. The van der Waals surface area contributed by atoms with Gasteiger partial charge in [0.25, 0.3) is 5.91 Å².